The molecule has 2 aromatic rings. The average Bonchev–Trinajstić information content (AvgIpc) is 2.49. The van der Waals surface area contributed by atoms with E-state index in [1.807, 2.05) is 36.4 Å². The largest absolute Gasteiger partial charge is 0.376 e. The predicted molar refractivity (Wildman–Crippen MR) is 87.9 cm³/mol. The first-order chi connectivity index (χ1) is 9.68. The summed E-state index contributed by atoms with van der Waals surface area (Å²) in [5.74, 6) is 0. The molecule has 1 nitrogen and oxygen atoms in total. The molecule has 20 heavy (non-hydrogen) atoms. The van der Waals surface area contributed by atoms with Gasteiger partial charge in [-0.1, -0.05) is 67.1 Å². The smallest absolute Gasteiger partial charge is 0.133 e. The van der Waals surface area contributed by atoms with Gasteiger partial charge in [0.05, 0.1) is 0 Å². The zero-order chi connectivity index (χ0) is 14.3. The first-order valence-corrected chi connectivity index (χ1v) is 7.67. The maximum Gasteiger partial charge on any atom is 0.133 e. The predicted octanol–water partition coefficient (Wildman–Crippen LogP) is 4.56. The summed E-state index contributed by atoms with van der Waals surface area (Å²) in [4.78, 5) is -1.01. The lowest BCUT2D eigenvalue weighted by atomic mass is 10.0. The van der Waals surface area contributed by atoms with Crippen LogP contribution in [0.4, 0.5) is 0 Å². The van der Waals surface area contributed by atoms with Crippen LogP contribution in [0.5, 0.6) is 0 Å². The lowest BCUT2D eigenvalue weighted by Crippen LogP contribution is -2.17. The van der Waals surface area contributed by atoms with Crippen LogP contribution in [0.25, 0.3) is 0 Å². The average molecular weight is 286 g/mol. The fourth-order valence-corrected chi connectivity index (χ4v) is 2.68. The highest BCUT2D eigenvalue weighted by atomic mass is 32.1. The molecule has 0 aliphatic carbocycles. The highest BCUT2D eigenvalue weighted by molar-refractivity contribution is 7.81. The zero-order valence-electron chi connectivity index (χ0n) is 11.7. The standard InChI is InChI=1S/C18H22OS/c19-18(20,17-13-7-2-8-14-17)15-9-3-6-12-16-10-4-1-5-11-16/h1-2,4-5,7-8,10-11,13-14,19-20H,3,6,9,12,15H2. The Balaban J connectivity index is 1.70. The molecule has 2 aromatic carbocycles. The van der Waals surface area contributed by atoms with Crippen LogP contribution >= 0.6 is 12.6 Å². The van der Waals surface area contributed by atoms with E-state index in [1.165, 1.54) is 5.56 Å². The summed E-state index contributed by atoms with van der Waals surface area (Å²) < 4.78 is 0. The van der Waals surface area contributed by atoms with Gasteiger partial charge in [0.1, 0.15) is 4.93 Å². The van der Waals surface area contributed by atoms with E-state index in [0.29, 0.717) is 6.42 Å². The molecule has 1 N–H and O–H groups in total. The monoisotopic (exact) mass is 286 g/mol. The highest BCUT2D eigenvalue weighted by Crippen LogP contribution is 2.31. The van der Waals surface area contributed by atoms with Crippen LogP contribution in [0, 0.1) is 0 Å². The molecular formula is C18H22OS. The van der Waals surface area contributed by atoms with Crippen LogP contribution in [0.1, 0.15) is 36.8 Å². The van der Waals surface area contributed by atoms with E-state index in [1.54, 1.807) is 0 Å². The van der Waals surface area contributed by atoms with E-state index in [9.17, 15) is 5.11 Å². The normalized spacial score (nSPS) is 13.9. The SMILES string of the molecule is OC(S)(CCCCCc1ccccc1)c1ccccc1. The van der Waals surface area contributed by atoms with Crippen molar-refractivity contribution in [2.75, 3.05) is 0 Å². The van der Waals surface area contributed by atoms with Gasteiger partial charge in [-0.25, -0.2) is 0 Å². The third-order valence-electron chi connectivity index (χ3n) is 3.57. The molecule has 0 fully saturated rings. The van der Waals surface area contributed by atoms with Crippen LogP contribution in [0.3, 0.4) is 0 Å². The molecule has 0 spiro atoms. The topological polar surface area (TPSA) is 20.2 Å². The summed E-state index contributed by atoms with van der Waals surface area (Å²) in [6.07, 6.45) is 5.06. The van der Waals surface area contributed by atoms with E-state index in [2.05, 4.69) is 36.9 Å². The van der Waals surface area contributed by atoms with Crippen LogP contribution in [0.15, 0.2) is 60.7 Å². The van der Waals surface area contributed by atoms with Crippen molar-refractivity contribution in [2.24, 2.45) is 0 Å². The van der Waals surface area contributed by atoms with Crippen molar-refractivity contribution < 1.29 is 5.11 Å². The van der Waals surface area contributed by atoms with E-state index < -0.39 is 4.93 Å². The van der Waals surface area contributed by atoms with Crippen molar-refractivity contribution in [1.82, 2.24) is 0 Å². The molecule has 1 atom stereocenters. The first kappa shape index (κ1) is 15.1. The number of rotatable bonds is 7. The van der Waals surface area contributed by atoms with Crippen LogP contribution in [-0.2, 0) is 11.4 Å². The fraction of sp³-hybridized carbons (Fsp3) is 0.333. The van der Waals surface area contributed by atoms with E-state index in [-0.39, 0.29) is 0 Å². The van der Waals surface area contributed by atoms with Gasteiger partial charge in [0.2, 0.25) is 0 Å². The number of hydrogen-bond donors (Lipinski definition) is 2. The number of aliphatic hydroxyl groups is 1. The molecule has 2 rings (SSSR count). The Morgan fingerprint density at radius 3 is 2.05 bits per heavy atom. The lowest BCUT2D eigenvalue weighted by Gasteiger charge is -2.22. The number of hydrogen-bond acceptors (Lipinski definition) is 2. The minimum Gasteiger partial charge on any atom is -0.376 e. The van der Waals surface area contributed by atoms with Gasteiger partial charge in [-0.3, -0.25) is 0 Å². The molecule has 0 saturated carbocycles. The molecule has 0 bridgehead atoms. The Labute approximate surface area is 127 Å². The van der Waals surface area contributed by atoms with Gasteiger partial charge in [-0.15, -0.1) is 12.6 Å². The number of benzene rings is 2. The molecule has 0 heterocycles. The summed E-state index contributed by atoms with van der Waals surface area (Å²) in [6, 6.07) is 20.2. The van der Waals surface area contributed by atoms with Crippen molar-refractivity contribution in [1.29, 1.82) is 0 Å². The van der Waals surface area contributed by atoms with Crippen molar-refractivity contribution in [2.45, 2.75) is 37.0 Å². The molecule has 2 heteroatoms. The summed E-state index contributed by atoms with van der Waals surface area (Å²) in [5, 5.41) is 10.4. The van der Waals surface area contributed by atoms with Crippen LogP contribution in [0.2, 0.25) is 0 Å². The molecule has 0 aliphatic heterocycles. The van der Waals surface area contributed by atoms with Gasteiger partial charge in [0.15, 0.2) is 0 Å². The van der Waals surface area contributed by atoms with Gasteiger partial charge < -0.3 is 5.11 Å². The van der Waals surface area contributed by atoms with Crippen molar-refractivity contribution in [3.63, 3.8) is 0 Å². The highest BCUT2D eigenvalue weighted by Gasteiger charge is 2.22. The van der Waals surface area contributed by atoms with Gasteiger partial charge in [0.25, 0.3) is 0 Å². The summed E-state index contributed by atoms with van der Waals surface area (Å²) >= 11 is 4.40. The molecule has 0 amide bonds. The molecule has 0 aliphatic rings. The maximum absolute atomic E-state index is 10.4. The summed E-state index contributed by atoms with van der Waals surface area (Å²) in [6.45, 7) is 0. The van der Waals surface area contributed by atoms with Gasteiger partial charge in [-0.05, 0) is 36.8 Å². The van der Waals surface area contributed by atoms with Crippen LogP contribution in [-0.4, -0.2) is 5.11 Å². The third kappa shape index (κ3) is 4.69. The van der Waals surface area contributed by atoms with Gasteiger partial charge in [0, 0.05) is 0 Å². The number of aryl methyl sites for hydroxylation is 1. The fourth-order valence-electron chi connectivity index (χ4n) is 2.37. The first-order valence-electron chi connectivity index (χ1n) is 7.23. The van der Waals surface area contributed by atoms with Crippen molar-refractivity contribution >= 4 is 12.6 Å². The second-order valence-corrected chi connectivity index (χ2v) is 5.97. The Bertz CT molecular complexity index is 493. The third-order valence-corrected chi connectivity index (χ3v) is 4.05. The van der Waals surface area contributed by atoms with Crippen molar-refractivity contribution in [3.8, 4) is 0 Å². The van der Waals surface area contributed by atoms with Crippen LogP contribution < -0.4 is 0 Å². The molecule has 0 aromatic heterocycles. The van der Waals surface area contributed by atoms with Gasteiger partial charge >= 0.3 is 0 Å². The Morgan fingerprint density at radius 2 is 1.40 bits per heavy atom. The zero-order valence-corrected chi connectivity index (χ0v) is 12.6. The van der Waals surface area contributed by atoms with E-state index in [0.717, 1.165) is 31.2 Å². The number of unbranched alkanes of at least 4 members (excludes halogenated alkanes) is 2. The summed E-state index contributed by atoms with van der Waals surface area (Å²) in [7, 11) is 0. The number of thiol groups is 1. The molecule has 106 valence electrons. The lowest BCUT2D eigenvalue weighted by molar-refractivity contribution is 0.126. The quantitative estimate of drug-likeness (QED) is 0.434. The van der Waals surface area contributed by atoms with Gasteiger partial charge in [-0.2, -0.15) is 0 Å². The maximum atomic E-state index is 10.4. The second kappa shape index (κ2) is 7.51. The summed E-state index contributed by atoms with van der Waals surface area (Å²) in [5.41, 5.74) is 2.27. The van der Waals surface area contributed by atoms with Crippen molar-refractivity contribution in [3.05, 3.63) is 71.8 Å². The second-order valence-electron chi connectivity index (χ2n) is 5.23. The molecule has 0 saturated heterocycles. The molecule has 1 unspecified atom stereocenters. The molecule has 0 radical (unpaired) electrons. The van der Waals surface area contributed by atoms with E-state index in [4.69, 9.17) is 0 Å². The van der Waals surface area contributed by atoms with E-state index >= 15 is 0 Å². The minimum absolute atomic E-state index is 0.689. The minimum atomic E-state index is -1.01. The Kier molecular flexibility index (Phi) is 5.69. The molecular weight excluding hydrogens is 264 g/mol. The Hall–Kier alpha value is -1.25. The Morgan fingerprint density at radius 1 is 0.800 bits per heavy atom.